The molecule has 0 saturated carbocycles. The number of nitrogens with zero attached hydrogens (tertiary/aromatic N) is 1. The molecule has 1 amide bonds. The number of amides is 1. The van der Waals surface area contributed by atoms with Crippen LogP contribution in [0.1, 0.15) is 34.8 Å². The second-order valence-electron chi connectivity index (χ2n) is 5.40. The topological polar surface area (TPSA) is 92.0 Å². The Labute approximate surface area is 127 Å². The summed E-state index contributed by atoms with van der Waals surface area (Å²) >= 11 is 0. The van der Waals surface area contributed by atoms with E-state index in [0.717, 1.165) is 33.5 Å². The normalized spacial score (nSPS) is 12.5. The molecule has 5 heteroatoms. The quantitative estimate of drug-likeness (QED) is 0.693. The highest BCUT2D eigenvalue weighted by atomic mass is 16.3. The number of rotatable bonds is 3. The van der Waals surface area contributed by atoms with Crippen molar-refractivity contribution in [3.8, 4) is 11.1 Å². The number of nitrogens with one attached hydrogen (secondary N) is 1. The van der Waals surface area contributed by atoms with Gasteiger partial charge in [-0.05, 0) is 54.8 Å². The van der Waals surface area contributed by atoms with E-state index in [4.69, 9.17) is 5.73 Å². The number of carbonyl (C=O) groups excluding carboxylic acids is 1. The van der Waals surface area contributed by atoms with Crippen molar-refractivity contribution in [3.63, 3.8) is 0 Å². The summed E-state index contributed by atoms with van der Waals surface area (Å²) in [4.78, 5) is 19.0. The van der Waals surface area contributed by atoms with E-state index in [1.165, 1.54) is 0 Å². The summed E-state index contributed by atoms with van der Waals surface area (Å²) in [6.45, 7) is 3.59. The zero-order valence-corrected chi connectivity index (χ0v) is 12.4. The Morgan fingerprint density at radius 2 is 2.05 bits per heavy atom. The van der Waals surface area contributed by atoms with E-state index >= 15 is 0 Å². The molecule has 1 atom stereocenters. The van der Waals surface area contributed by atoms with E-state index in [1.807, 2.05) is 25.1 Å². The maximum absolute atomic E-state index is 11.4. The molecule has 1 unspecified atom stereocenters. The van der Waals surface area contributed by atoms with Crippen molar-refractivity contribution in [1.29, 1.82) is 0 Å². The molecule has 1 aromatic heterocycles. The van der Waals surface area contributed by atoms with Gasteiger partial charge in [-0.15, -0.1) is 0 Å². The number of aliphatic hydroxyl groups is 1. The molecule has 0 saturated heterocycles. The number of aliphatic hydroxyl groups excluding tert-OH is 1. The van der Waals surface area contributed by atoms with Crippen molar-refractivity contribution in [2.24, 2.45) is 5.73 Å². The van der Waals surface area contributed by atoms with Crippen LogP contribution in [0, 0.1) is 6.92 Å². The lowest BCUT2D eigenvalue weighted by Gasteiger charge is -2.13. The predicted octanol–water partition coefficient (Wildman–Crippen LogP) is 2.69. The summed E-state index contributed by atoms with van der Waals surface area (Å²) in [5, 5.41) is 9.97. The summed E-state index contributed by atoms with van der Waals surface area (Å²) in [5.74, 6) is 0.351. The SMILES string of the molecule is Cc1nc2cc(-c3cc(C(N)=O)ccc3C(C)O)ccc2[nH]1. The van der Waals surface area contributed by atoms with Crippen LogP contribution >= 0.6 is 0 Å². The minimum Gasteiger partial charge on any atom is -0.389 e. The van der Waals surface area contributed by atoms with E-state index in [1.54, 1.807) is 25.1 Å². The van der Waals surface area contributed by atoms with Crippen molar-refractivity contribution < 1.29 is 9.90 Å². The molecule has 3 rings (SSSR count). The van der Waals surface area contributed by atoms with Gasteiger partial charge in [-0.3, -0.25) is 4.79 Å². The Morgan fingerprint density at radius 3 is 2.73 bits per heavy atom. The fourth-order valence-electron chi connectivity index (χ4n) is 2.62. The van der Waals surface area contributed by atoms with E-state index in [9.17, 15) is 9.90 Å². The van der Waals surface area contributed by atoms with Crippen molar-refractivity contribution in [1.82, 2.24) is 9.97 Å². The zero-order valence-electron chi connectivity index (χ0n) is 12.4. The van der Waals surface area contributed by atoms with Crippen LogP contribution in [0.5, 0.6) is 0 Å². The highest BCUT2D eigenvalue weighted by Crippen LogP contribution is 2.31. The number of H-pyrrole nitrogens is 1. The first-order valence-corrected chi connectivity index (χ1v) is 7.04. The van der Waals surface area contributed by atoms with E-state index in [0.29, 0.717) is 5.56 Å². The Kier molecular flexibility index (Phi) is 3.42. The standard InChI is InChI=1S/C17H17N3O2/c1-9(21)13-5-3-12(17(18)22)7-14(13)11-4-6-15-16(8-11)20-10(2)19-15/h3-9,21H,1-2H3,(H2,18,22)(H,19,20). The minimum absolute atomic E-state index is 0.415. The second-order valence-corrected chi connectivity index (χ2v) is 5.40. The summed E-state index contributed by atoms with van der Waals surface area (Å²) in [7, 11) is 0. The third kappa shape index (κ3) is 2.46. The summed E-state index contributed by atoms with van der Waals surface area (Å²) in [5.41, 5.74) is 9.99. The zero-order chi connectivity index (χ0) is 15.9. The number of imidazole rings is 1. The molecule has 22 heavy (non-hydrogen) atoms. The molecular weight excluding hydrogens is 278 g/mol. The van der Waals surface area contributed by atoms with Crippen LogP contribution in [0.4, 0.5) is 0 Å². The lowest BCUT2D eigenvalue weighted by Crippen LogP contribution is -2.11. The molecule has 0 bridgehead atoms. The molecule has 0 spiro atoms. The first-order chi connectivity index (χ1) is 10.5. The van der Waals surface area contributed by atoms with Crippen molar-refractivity contribution in [3.05, 3.63) is 53.3 Å². The Morgan fingerprint density at radius 1 is 1.27 bits per heavy atom. The fourth-order valence-corrected chi connectivity index (χ4v) is 2.62. The van der Waals surface area contributed by atoms with Gasteiger partial charge in [0.05, 0.1) is 17.1 Å². The Balaban J connectivity index is 2.22. The first kappa shape index (κ1) is 14.3. The minimum atomic E-state index is -0.645. The molecule has 0 aliphatic rings. The molecule has 0 aliphatic carbocycles. The number of carbonyl (C=O) groups is 1. The highest BCUT2D eigenvalue weighted by molar-refractivity contribution is 5.95. The smallest absolute Gasteiger partial charge is 0.248 e. The summed E-state index contributed by atoms with van der Waals surface area (Å²) in [6, 6.07) is 10.9. The average Bonchev–Trinajstić information content (AvgIpc) is 2.85. The maximum Gasteiger partial charge on any atom is 0.248 e. The van der Waals surface area contributed by atoms with Crippen LogP contribution in [0.2, 0.25) is 0 Å². The molecule has 0 aliphatic heterocycles. The number of hydrogen-bond donors (Lipinski definition) is 3. The van der Waals surface area contributed by atoms with Gasteiger partial charge in [0.1, 0.15) is 5.82 Å². The number of fused-ring (bicyclic) bond motifs is 1. The van der Waals surface area contributed by atoms with Gasteiger partial charge in [-0.1, -0.05) is 12.1 Å². The van der Waals surface area contributed by atoms with Gasteiger partial charge in [-0.25, -0.2) is 4.98 Å². The first-order valence-electron chi connectivity index (χ1n) is 7.04. The molecule has 112 valence electrons. The predicted molar refractivity (Wildman–Crippen MR) is 85.4 cm³/mol. The monoisotopic (exact) mass is 295 g/mol. The summed E-state index contributed by atoms with van der Waals surface area (Å²) < 4.78 is 0. The maximum atomic E-state index is 11.4. The van der Waals surface area contributed by atoms with Crippen LogP contribution in [0.3, 0.4) is 0 Å². The lowest BCUT2D eigenvalue weighted by atomic mass is 9.94. The van der Waals surface area contributed by atoms with Crippen LogP contribution in [0.25, 0.3) is 22.2 Å². The number of primary amides is 1. The number of aryl methyl sites for hydroxylation is 1. The molecule has 2 aromatic carbocycles. The van der Waals surface area contributed by atoms with Gasteiger partial charge in [0.15, 0.2) is 0 Å². The van der Waals surface area contributed by atoms with Gasteiger partial charge < -0.3 is 15.8 Å². The molecule has 1 heterocycles. The number of benzene rings is 2. The molecule has 3 aromatic rings. The molecule has 0 fully saturated rings. The average molecular weight is 295 g/mol. The van der Waals surface area contributed by atoms with E-state index in [2.05, 4.69) is 9.97 Å². The van der Waals surface area contributed by atoms with Gasteiger partial charge in [-0.2, -0.15) is 0 Å². The number of nitrogens with two attached hydrogens (primary N) is 1. The van der Waals surface area contributed by atoms with Crippen LogP contribution in [-0.4, -0.2) is 21.0 Å². The van der Waals surface area contributed by atoms with Gasteiger partial charge in [0, 0.05) is 5.56 Å². The molecular formula is C17H17N3O2. The van der Waals surface area contributed by atoms with Gasteiger partial charge >= 0.3 is 0 Å². The fraction of sp³-hybridized carbons (Fsp3) is 0.176. The Hall–Kier alpha value is -2.66. The van der Waals surface area contributed by atoms with Crippen LogP contribution in [0.15, 0.2) is 36.4 Å². The molecule has 5 nitrogen and oxygen atoms in total. The molecule has 4 N–H and O–H groups in total. The van der Waals surface area contributed by atoms with E-state index in [-0.39, 0.29) is 0 Å². The molecule has 0 radical (unpaired) electrons. The van der Waals surface area contributed by atoms with Crippen molar-refractivity contribution in [2.45, 2.75) is 20.0 Å². The number of aromatic amines is 1. The summed E-state index contributed by atoms with van der Waals surface area (Å²) in [6.07, 6.45) is -0.645. The van der Waals surface area contributed by atoms with Crippen LogP contribution < -0.4 is 5.73 Å². The number of hydrogen-bond acceptors (Lipinski definition) is 3. The third-order valence-corrected chi connectivity index (χ3v) is 3.70. The van der Waals surface area contributed by atoms with Crippen molar-refractivity contribution in [2.75, 3.05) is 0 Å². The van der Waals surface area contributed by atoms with Crippen molar-refractivity contribution >= 4 is 16.9 Å². The highest BCUT2D eigenvalue weighted by Gasteiger charge is 2.13. The van der Waals surface area contributed by atoms with Crippen LogP contribution in [-0.2, 0) is 0 Å². The number of aromatic nitrogens is 2. The van der Waals surface area contributed by atoms with Gasteiger partial charge in [0.25, 0.3) is 0 Å². The van der Waals surface area contributed by atoms with Gasteiger partial charge in [0.2, 0.25) is 5.91 Å². The van der Waals surface area contributed by atoms with E-state index < -0.39 is 12.0 Å². The second kappa shape index (κ2) is 5.27. The lowest BCUT2D eigenvalue weighted by molar-refractivity contribution is 0.1000. The Bertz CT molecular complexity index is 865. The largest absolute Gasteiger partial charge is 0.389 e. The third-order valence-electron chi connectivity index (χ3n) is 3.70.